The van der Waals surface area contributed by atoms with E-state index in [0.29, 0.717) is 11.0 Å². The maximum absolute atomic E-state index is 12.5. The molecule has 0 fully saturated rings. The third-order valence-corrected chi connectivity index (χ3v) is 3.96. The van der Waals surface area contributed by atoms with Gasteiger partial charge in [-0.3, -0.25) is 14.8 Å². The molecule has 142 valence electrons. The Bertz CT molecular complexity index is 1050. The molecule has 28 heavy (non-hydrogen) atoms. The summed E-state index contributed by atoms with van der Waals surface area (Å²) in [5.41, 5.74) is 1.60. The molecule has 0 spiro atoms. The zero-order chi connectivity index (χ0) is 20.1. The van der Waals surface area contributed by atoms with E-state index in [1.54, 1.807) is 36.4 Å². The maximum Gasteiger partial charge on any atom is 0.341 e. The fourth-order valence-corrected chi connectivity index (χ4v) is 2.55. The normalized spacial score (nSPS) is 11.5. The van der Waals surface area contributed by atoms with Crippen molar-refractivity contribution in [3.05, 3.63) is 66.0 Å². The van der Waals surface area contributed by atoms with Crippen molar-refractivity contribution < 1.29 is 23.9 Å². The number of anilines is 1. The van der Waals surface area contributed by atoms with Gasteiger partial charge in [-0.05, 0) is 31.2 Å². The van der Waals surface area contributed by atoms with Gasteiger partial charge in [0.15, 0.2) is 6.10 Å². The van der Waals surface area contributed by atoms with Gasteiger partial charge < -0.3 is 14.8 Å². The third kappa shape index (κ3) is 3.96. The Morgan fingerprint density at radius 1 is 0.929 bits per heavy atom. The number of nitrogens with zero attached hydrogens (tertiary/aromatic N) is 2. The molecule has 3 rings (SSSR count). The summed E-state index contributed by atoms with van der Waals surface area (Å²) < 4.78 is 9.96. The van der Waals surface area contributed by atoms with Crippen LogP contribution in [0.15, 0.2) is 54.9 Å². The second-order valence-corrected chi connectivity index (χ2v) is 5.80. The molecular weight excluding hydrogens is 362 g/mol. The lowest BCUT2D eigenvalue weighted by Gasteiger charge is -2.15. The minimum atomic E-state index is -1.11. The highest BCUT2D eigenvalue weighted by atomic mass is 16.5. The Balaban J connectivity index is 1.74. The molecule has 1 unspecified atom stereocenters. The molecule has 1 heterocycles. The number of carbonyl (C=O) groups is 3. The van der Waals surface area contributed by atoms with Gasteiger partial charge in [0, 0.05) is 12.4 Å². The van der Waals surface area contributed by atoms with Crippen LogP contribution in [0.25, 0.3) is 11.0 Å². The Morgan fingerprint density at radius 2 is 1.64 bits per heavy atom. The van der Waals surface area contributed by atoms with E-state index in [1.165, 1.54) is 32.5 Å². The summed E-state index contributed by atoms with van der Waals surface area (Å²) >= 11 is 0. The molecular formula is C20H17N3O5. The Hall–Kier alpha value is -3.81. The predicted octanol–water partition coefficient (Wildman–Crippen LogP) is 2.60. The molecule has 0 bridgehead atoms. The first-order chi connectivity index (χ1) is 13.5. The first-order valence-corrected chi connectivity index (χ1v) is 8.40. The number of hydrogen-bond donors (Lipinski definition) is 1. The van der Waals surface area contributed by atoms with E-state index in [4.69, 9.17) is 9.47 Å². The molecule has 8 heteroatoms. The van der Waals surface area contributed by atoms with Gasteiger partial charge in [-0.15, -0.1) is 0 Å². The van der Waals surface area contributed by atoms with Crippen LogP contribution in [0.1, 0.15) is 27.6 Å². The lowest BCUT2D eigenvalue weighted by atomic mass is 10.1. The number of nitrogens with one attached hydrogen (secondary N) is 1. The minimum Gasteiger partial charge on any atom is -0.465 e. The SMILES string of the molecule is COC(=O)c1ccccc1NC(=O)C(C)OC(=O)c1cccc2nccnc12. The summed E-state index contributed by atoms with van der Waals surface area (Å²) in [6, 6.07) is 11.3. The molecule has 8 nitrogen and oxygen atoms in total. The summed E-state index contributed by atoms with van der Waals surface area (Å²) in [4.78, 5) is 45.0. The lowest BCUT2D eigenvalue weighted by Crippen LogP contribution is -2.30. The molecule has 0 saturated heterocycles. The monoisotopic (exact) mass is 379 g/mol. The van der Waals surface area contributed by atoms with Crippen molar-refractivity contribution in [2.24, 2.45) is 0 Å². The number of esters is 2. The van der Waals surface area contributed by atoms with Crippen molar-refractivity contribution in [3.8, 4) is 0 Å². The average molecular weight is 379 g/mol. The molecule has 0 aliphatic rings. The number of ether oxygens (including phenoxy) is 2. The van der Waals surface area contributed by atoms with Gasteiger partial charge in [-0.2, -0.15) is 0 Å². The van der Waals surface area contributed by atoms with Crippen molar-refractivity contribution in [2.75, 3.05) is 12.4 Å². The predicted molar refractivity (Wildman–Crippen MR) is 101 cm³/mol. The smallest absolute Gasteiger partial charge is 0.341 e. The number of carbonyl (C=O) groups excluding carboxylic acids is 3. The van der Waals surface area contributed by atoms with E-state index in [1.807, 2.05) is 0 Å². The first kappa shape index (κ1) is 19.0. The van der Waals surface area contributed by atoms with Crippen LogP contribution in [0, 0.1) is 0 Å². The molecule has 2 aromatic carbocycles. The summed E-state index contributed by atoms with van der Waals surface area (Å²) in [7, 11) is 1.25. The van der Waals surface area contributed by atoms with Crippen molar-refractivity contribution in [3.63, 3.8) is 0 Å². The van der Waals surface area contributed by atoms with Crippen molar-refractivity contribution in [1.82, 2.24) is 9.97 Å². The molecule has 3 aromatic rings. The van der Waals surface area contributed by atoms with Crippen LogP contribution in [0.4, 0.5) is 5.69 Å². The van der Waals surface area contributed by atoms with Gasteiger partial charge in [-0.1, -0.05) is 18.2 Å². The summed E-state index contributed by atoms with van der Waals surface area (Å²) in [5, 5.41) is 2.57. The van der Waals surface area contributed by atoms with Crippen molar-refractivity contribution in [1.29, 1.82) is 0 Å². The average Bonchev–Trinajstić information content (AvgIpc) is 2.73. The van der Waals surface area contributed by atoms with E-state index < -0.39 is 23.9 Å². The number of para-hydroxylation sites is 2. The van der Waals surface area contributed by atoms with Gasteiger partial charge in [0.05, 0.1) is 29.4 Å². The highest BCUT2D eigenvalue weighted by molar-refractivity contribution is 6.05. The number of amides is 1. The summed E-state index contributed by atoms with van der Waals surface area (Å²) in [6.45, 7) is 1.44. The standard InChI is InChI=1S/C20H17N3O5/c1-12(18(24)23-15-8-4-3-6-13(15)19(25)27-2)28-20(26)14-7-5-9-16-17(14)22-11-10-21-16/h3-12H,1-2H3,(H,23,24). The number of fused-ring (bicyclic) bond motifs is 1. The molecule has 1 N–H and O–H groups in total. The second kappa shape index (κ2) is 8.26. The molecule has 0 radical (unpaired) electrons. The van der Waals surface area contributed by atoms with Gasteiger partial charge >= 0.3 is 11.9 Å². The van der Waals surface area contributed by atoms with Gasteiger partial charge in [0.2, 0.25) is 0 Å². The van der Waals surface area contributed by atoms with Crippen molar-refractivity contribution >= 4 is 34.6 Å². The first-order valence-electron chi connectivity index (χ1n) is 8.40. The Labute approximate surface area is 160 Å². The van der Waals surface area contributed by atoms with Crippen LogP contribution in [0.2, 0.25) is 0 Å². The molecule has 1 aromatic heterocycles. The van der Waals surface area contributed by atoms with E-state index >= 15 is 0 Å². The van der Waals surface area contributed by atoms with Crippen molar-refractivity contribution in [2.45, 2.75) is 13.0 Å². The zero-order valence-corrected chi connectivity index (χ0v) is 15.2. The molecule has 1 amide bonds. The van der Waals surface area contributed by atoms with Crippen LogP contribution >= 0.6 is 0 Å². The highest BCUT2D eigenvalue weighted by Gasteiger charge is 2.22. The van der Waals surface area contributed by atoms with Crippen LogP contribution in [0.3, 0.4) is 0 Å². The number of methoxy groups -OCH3 is 1. The Kier molecular flexibility index (Phi) is 5.59. The topological polar surface area (TPSA) is 107 Å². The summed E-state index contributed by atoms with van der Waals surface area (Å²) in [6.07, 6.45) is 1.88. The largest absolute Gasteiger partial charge is 0.465 e. The van der Waals surface area contributed by atoms with E-state index in [0.717, 1.165) is 0 Å². The lowest BCUT2D eigenvalue weighted by molar-refractivity contribution is -0.123. The third-order valence-electron chi connectivity index (χ3n) is 3.96. The highest BCUT2D eigenvalue weighted by Crippen LogP contribution is 2.18. The molecule has 0 saturated carbocycles. The maximum atomic E-state index is 12.5. The van der Waals surface area contributed by atoms with E-state index in [9.17, 15) is 14.4 Å². The van der Waals surface area contributed by atoms with Gasteiger partial charge in [0.1, 0.15) is 5.52 Å². The molecule has 0 aliphatic carbocycles. The second-order valence-electron chi connectivity index (χ2n) is 5.80. The van der Waals surface area contributed by atoms with E-state index in [-0.39, 0.29) is 16.8 Å². The minimum absolute atomic E-state index is 0.196. The summed E-state index contributed by atoms with van der Waals surface area (Å²) in [5.74, 6) is -1.87. The quantitative estimate of drug-likeness (QED) is 0.679. The fourth-order valence-electron chi connectivity index (χ4n) is 2.55. The van der Waals surface area contributed by atoms with Crippen LogP contribution in [0.5, 0.6) is 0 Å². The number of hydrogen-bond acceptors (Lipinski definition) is 7. The van der Waals surface area contributed by atoms with Gasteiger partial charge in [0.25, 0.3) is 5.91 Å². The fraction of sp³-hybridized carbons (Fsp3) is 0.150. The Morgan fingerprint density at radius 3 is 2.43 bits per heavy atom. The van der Waals surface area contributed by atoms with Crippen LogP contribution in [-0.2, 0) is 14.3 Å². The van der Waals surface area contributed by atoms with E-state index in [2.05, 4.69) is 15.3 Å². The number of rotatable bonds is 5. The number of benzene rings is 2. The number of aromatic nitrogens is 2. The van der Waals surface area contributed by atoms with Gasteiger partial charge in [-0.25, -0.2) is 9.59 Å². The van der Waals surface area contributed by atoms with Crippen LogP contribution in [-0.4, -0.2) is 41.0 Å². The molecule has 0 aliphatic heterocycles. The zero-order valence-electron chi connectivity index (χ0n) is 15.2. The molecule has 1 atom stereocenters. The van der Waals surface area contributed by atoms with Crippen LogP contribution < -0.4 is 5.32 Å².